The number of nitrogens with one attached hydrogen (secondary N) is 1. The third-order valence-corrected chi connectivity index (χ3v) is 2.95. The molecule has 0 aliphatic heterocycles. The van der Waals surface area contributed by atoms with Gasteiger partial charge < -0.3 is 20.1 Å². The Morgan fingerprint density at radius 2 is 2.22 bits per heavy atom. The number of fused-ring (bicyclic) bond motifs is 1. The molecule has 5 heteroatoms. The lowest BCUT2D eigenvalue weighted by Gasteiger charge is -2.16. The van der Waals surface area contributed by atoms with Crippen LogP contribution in [0.3, 0.4) is 0 Å². The molecule has 0 unspecified atom stereocenters. The number of hydrogen-bond acceptors (Lipinski definition) is 4. The number of H-pyrrole nitrogens is 1. The average molecular weight is 242 g/mol. The number of para-hydroxylation sites is 1. The molecule has 0 fully saturated rings. The predicted molar refractivity (Wildman–Crippen MR) is 71.3 cm³/mol. The third-order valence-electron chi connectivity index (χ3n) is 2.95. The highest BCUT2D eigenvalue weighted by Crippen LogP contribution is 2.26. The first-order valence-electron chi connectivity index (χ1n) is 5.72. The van der Waals surface area contributed by atoms with Gasteiger partial charge in [-0.2, -0.15) is 0 Å². The van der Waals surface area contributed by atoms with E-state index < -0.39 is 0 Å². The number of anilines is 2. The smallest absolute Gasteiger partial charge is 0.167 e. The molecule has 0 saturated heterocycles. The number of nitrogen functional groups attached to an aromatic ring is 1. The van der Waals surface area contributed by atoms with Crippen molar-refractivity contribution in [3.8, 4) is 0 Å². The minimum absolute atomic E-state index is 0.414. The highest BCUT2D eigenvalue weighted by molar-refractivity contribution is 5.92. The summed E-state index contributed by atoms with van der Waals surface area (Å²) in [5.41, 5.74) is 7.78. The standard InChI is InChI=1S/C13H14N4O/c1-17(8-9-6-13(14)16-18-9)12-7-15-11-5-3-2-4-10(11)12/h2-7,15H,8H2,1H3,(H2,14,16). The van der Waals surface area contributed by atoms with Crippen molar-refractivity contribution in [3.63, 3.8) is 0 Å². The maximum absolute atomic E-state index is 5.53. The molecule has 0 radical (unpaired) electrons. The van der Waals surface area contributed by atoms with Crippen LogP contribution in [0.15, 0.2) is 41.1 Å². The number of aromatic amines is 1. The maximum atomic E-state index is 5.53. The number of nitrogens with two attached hydrogens (primary N) is 1. The van der Waals surface area contributed by atoms with Gasteiger partial charge in [-0.05, 0) is 6.07 Å². The Morgan fingerprint density at radius 1 is 1.39 bits per heavy atom. The van der Waals surface area contributed by atoms with Crippen molar-refractivity contribution in [1.82, 2.24) is 10.1 Å². The minimum Gasteiger partial charge on any atom is -0.381 e. The predicted octanol–water partition coefficient (Wildman–Crippen LogP) is 2.37. The summed E-state index contributed by atoms with van der Waals surface area (Å²) < 4.78 is 5.12. The number of benzene rings is 1. The first-order chi connectivity index (χ1) is 8.74. The second-order valence-electron chi connectivity index (χ2n) is 4.29. The quantitative estimate of drug-likeness (QED) is 0.739. The number of hydrogen-bond donors (Lipinski definition) is 2. The zero-order chi connectivity index (χ0) is 12.5. The van der Waals surface area contributed by atoms with Gasteiger partial charge in [-0.3, -0.25) is 0 Å². The molecule has 0 bridgehead atoms. The molecule has 3 rings (SSSR count). The molecule has 0 amide bonds. The van der Waals surface area contributed by atoms with E-state index in [2.05, 4.69) is 27.2 Å². The van der Waals surface area contributed by atoms with Crippen LogP contribution in [0.1, 0.15) is 5.76 Å². The summed E-state index contributed by atoms with van der Waals surface area (Å²) in [4.78, 5) is 5.34. The second kappa shape index (κ2) is 4.10. The van der Waals surface area contributed by atoms with Gasteiger partial charge in [0.25, 0.3) is 0 Å². The highest BCUT2D eigenvalue weighted by atomic mass is 16.5. The SMILES string of the molecule is CN(Cc1cc(N)no1)c1c[nH]c2ccccc12. The van der Waals surface area contributed by atoms with Gasteiger partial charge in [-0.15, -0.1) is 0 Å². The molecular weight excluding hydrogens is 228 g/mol. The molecule has 0 atom stereocenters. The second-order valence-corrected chi connectivity index (χ2v) is 4.29. The number of aromatic nitrogens is 2. The van der Waals surface area contributed by atoms with E-state index in [-0.39, 0.29) is 0 Å². The van der Waals surface area contributed by atoms with Crippen LogP contribution in [0, 0.1) is 0 Å². The van der Waals surface area contributed by atoms with Crippen molar-refractivity contribution >= 4 is 22.4 Å². The van der Waals surface area contributed by atoms with Gasteiger partial charge >= 0.3 is 0 Å². The molecule has 2 heterocycles. The van der Waals surface area contributed by atoms with E-state index in [0.29, 0.717) is 12.4 Å². The van der Waals surface area contributed by atoms with Crippen LogP contribution in [-0.4, -0.2) is 17.2 Å². The average Bonchev–Trinajstić information content (AvgIpc) is 2.95. The van der Waals surface area contributed by atoms with Crippen LogP contribution in [0.4, 0.5) is 11.5 Å². The van der Waals surface area contributed by atoms with Gasteiger partial charge in [0.15, 0.2) is 11.6 Å². The molecule has 0 saturated carbocycles. The van der Waals surface area contributed by atoms with Crippen molar-refractivity contribution in [2.45, 2.75) is 6.54 Å². The Morgan fingerprint density at radius 3 is 3.00 bits per heavy atom. The fourth-order valence-electron chi connectivity index (χ4n) is 2.09. The Labute approximate surface area is 104 Å². The van der Waals surface area contributed by atoms with E-state index in [1.807, 2.05) is 25.4 Å². The molecule has 0 aliphatic rings. The van der Waals surface area contributed by atoms with E-state index in [1.165, 1.54) is 5.39 Å². The molecule has 3 N–H and O–H groups in total. The van der Waals surface area contributed by atoms with Crippen molar-refractivity contribution in [2.75, 3.05) is 17.7 Å². The van der Waals surface area contributed by atoms with Crippen molar-refractivity contribution in [2.24, 2.45) is 0 Å². The minimum atomic E-state index is 0.414. The zero-order valence-corrected chi connectivity index (χ0v) is 10.1. The first-order valence-corrected chi connectivity index (χ1v) is 5.72. The molecule has 1 aromatic carbocycles. The van der Waals surface area contributed by atoms with Gasteiger partial charge in [-0.1, -0.05) is 23.4 Å². The van der Waals surface area contributed by atoms with Gasteiger partial charge in [0, 0.05) is 30.2 Å². The van der Waals surface area contributed by atoms with Crippen molar-refractivity contribution < 1.29 is 4.52 Å². The van der Waals surface area contributed by atoms with Crippen LogP contribution in [0.5, 0.6) is 0 Å². The first kappa shape index (κ1) is 10.7. The highest BCUT2D eigenvalue weighted by Gasteiger charge is 2.10. The molecular formula is C13H14N4O. The van der Waals surface area contributed by atoms with Crippen molar-refractivity contribution in [1.29, 1.82) is 0 Å². The monoisotopic (exact) mass is 242 g/mol. The maximum Gasteiger partial charge on any atom is 0.167 e. The fraction of sp³-hybridized carbons (Fsp3) is 0.154. The third kappa shape index (κ3) is 1.79. The Kier molecular flexibility index (Phi) is 2.44. The fourth-order valence-corrected chi connectivity index (χ4v) is 2.09. The van der Waals surface area contributed by atoms with E-state index in [9.17, 15) is 0 Å². The van der Waals surface area contributed by atoms with Gasteiger partial charge in [0.05, 0.1) is 12.2 Å². The van der Waals surface area contributed by atoms with E-state index >= 15 is 0 Å². The molecule has 3 aromatic rings. The summed E-state index contributed by atoms with van der Waals surface area (Å²) in [5, 5.41) is 4.87. The summed E-state index contributed by atoms with van der Waals surface area (Å²) in [7, 11) is 2.01. The Hall–Kier alpha value is -2.43. The van der Waals surface area contributed by atoms with Gasteiger partial charge in [-0.25, -0.2) is 0 Å². The summed E-state index contributed by atoms with van der Waals surface area (Å²) in [6.07, 6.45) is 1.99. The molecule has 2 aromatic heterocycles. The topological polar surface area (TPSA) is 71.1 Å². The summed E-state index contributed by atoms with van der Waals surface area (Å²) in [6.45, 7) is 0.631. The zero-order valence-electron chi connectivity index (χ0n) is 10.1. The van der Waals surface area contributed by atoms with Crippen LogP contribution < -0.4 is 10.6 Å². The van der Waals surface area contributed by atoms with E-state index in [0.717, 1.165) is 17.0 Å². The molecule has 5 nitrogen and oxygen atoms in total. The van der Waals surface area contributed by atoms with Crippen LogP contribution in [0.25, 0.3) is 10.9 Å². The molecule has 0 spiro atoms. The van der Waals surface area contributed by atoms with Gasteiger partial charge in [0.1, 0.15) is 0 Å². The normalized spacial score (nSPS) is 10.9. The lowest BCUT2D eigenvalue weighted by Crippen LogP contribution is -2.15. The lowest BCUT2D eigenvalue weighted by atomic mass is 10.2. The van der Waals surface area contributed by atoms with Crippen molar-refractivity contribution in [3.05, 3.63) is 42.3 Å². The summed E-state index contributed by atoms with van der Waals surface area (Å²) >= 11 is 0. The molecule has 92 valence electrons. The molecule has 18 heavy (non-hydrogen) atoms. The summed E-state index contributed by atoms with van der Waals surface area (Å²) in [6, 6.07) is 9.93. The van der Waals surface area contributed by atoms with E-state index in [1.54, 1.807) is 6.07 Å². The lowest BCUT2D eigenvalue weighted by molar-refractivity contribution is 0.385. The van der Waals surface area contributed by atoms with E-state index in [4.69, 9.17) is 10.3 Å². The largest absolute Gasteiger partial charge is 0.381 e. The number of nitrogens with zero attached hydrogens (tertiary/aromatic N) is 2. The van der Waals surface area contributed by atoms with Gasteiger partial charge in [0.2, 0.25) is 0 Å². The number of rotatable bonds is 3. The van der Waals surface area contributed by atoms with Crippen LogP contribution >= 0.6 is 0 Å². The molecule has 0 aliphatic carbocycles. The van der Waals surface area contributed by atoms with Crippen LogP contribution in [0.2, 0.25) is 0 Å². The Bertz CT molecular complexity index is 670. The summed E-state index contributed by atoms with van der Waals surface area (Å²) in [5.74, 6) is 1.16. The Balaban J connectivity index is 1.90. The van der Waals surface area contributed by atoms with Crippen LogP contribution in [-0.2, 0) is 6.54 Å².